The molecule has 0 amide bonds. The van der Waals surface area contributed by atoms with E-state index in [9.17, 15) is 4.39 Å². The van der Waals surface area contributed by atoms with Crippen LogP contribution in [0.15, 0.2) is 24.4 Å². The fourth-order valence-corrected chi connectivity index (χ4v) is 5.17. The van der Waals surface area contributed by atoms with Gasteiger partial charge in [0.1, 0.15) is 5.82 Å². The lowest BCUT2D eigenvalue weighted by Gasteiger charge is -2.30. The largest absolute Gasteiger partial charge is 0.493 e. The third-order valence-electron chi connectivity index (χ3n) is 6.39. The summed E-state index contributed by atoms with van der Waals surface area (Å²) < 4.78 is 25.1. The molecule has 2 aliphatic rings. The van der Waals surface area contributed by atoms with Crippen molar-refractivity contribution in [2.75, 3.05) is 14.2 Å². The molecule has 0 bridgehead atoms. The summed E-state index contributed by atoms with van der Waals surface area (Å²) in [5, 5.41) is 3.03. The van der Waals surface area contributed by atoms with Gasteiger partial charge in [0, 0.05) is 5.39 Å². The number of rotatable bonds is 2. The highest BCUT2D eigenvalue weighted by Gasteiger charge is 2.34. The van der Waals surface area contributed by atoms with Crippen LogP contribution in [0.1, 0.15) is 30.4 Å². The van der Waals surface area contributed by atoms with Crippen LogP contribution in [0.5, 0.6) is 11.5 Å². The molecule has 2 unspecified atom stereocenters. The molecule has 1 heterocycles. The van der Waals surface area contributed by atoms with Gasteiger partial charge in [-0.15, -0.1) is 12.4 Å². The molecule has 142 valence electrons. The van der Waals surface area contributed by atoms with E-state index in [0.717, 1.165) is 52.1 Å². The molecular weight excluding hydrogens is 365 g/mol. The maximum atomic E-state index is 14.0. The summed E-state index contributed by atoms with van der Waals surface area (Å²) in [6.45, 7) is 0. The number of fused-ring (bicyclic) bond motifs is 7. The van der Waals surface area contributed by atoms with Gasteiger partial charge in [0.05, 0.1) is 25.9 Å². The molecule has 0 N–H and O–H groups in total. The van der Waals surface area contributed by atoms with Crippen LogP contribution in [0.25, 0.3) is 21.7 Å². The van der Waals surface area contributed by atoms with E-state index in [1.54, 1.807) is 20.3 Å². The first kappa shape index (κ1) is 18.3. The molecule has 0 aliphatic heterocycles. The molecule has 1 saturated carbocycles. The van der Waals surface area contributed by atoms with Crippen molar-refractivity contribution in [3.05, 3.63) is 41.3 Å². The lowest BCUT2D eigenvalue weighted by atomic mass is 9.75. The first-order valence-electron chi connectivity index (χ1n) is 9.34. The molecule has 5 rings (SSSR count). The molecule has 1 fully saturated rings. The van der Waals surface area contributed by atoms with Crippen LogP contribution in [-0.2, 0) is 12.8 Å². The average molecular weight is 388 g/mol. The second-order valence-corrected chi connectivity index (χ2v) is 7.62. The summed E-state index contributed by atoms with van der Waals surface area (Å²) in [6, 6.07) is 5.64. The molecular formula is C22H23ClFNO2. The Bertz CT molecular complexity index is 1040. The first-order valence-corrected chi connectivity index (χ1v) is 9.34. The normalized spacial score (nSPS) is 20.9. The van der Waals surface area contributed by atoms with E-state index >= 15 is 0 Å². The number of pyridine rings is 1. The number of methoxy groups -OCH3 is 2. The van der Waals surface area contributed by atoms with Crippen molar-refractivity contribution < 1.29 is 13.9 Å². The Kier molecular flexibility index (Phi) is 4.63. The quantitative estimate of drug-likeness (QED) is 0.545. The van der Waals surface area contributed by atoms with E-state index in [4.69, 9.17) is 9.47 Å². The molecule has 27 heavy (non-hydrogen) atoms. The standard InChI is InChI=1S/C22H22FNO2.ClH/c1-25-20-9-16-15-6-12-4-3-5-13(12)7-18(15)22-19(8-14(23)11-24-22)17(16)10-21(20)26-2;/h8-13H,3-7H2,1-2H3;1H. The van der Waals surface area contributed by atoms with Crippen molar-refractivity contribution >= 4 is 34.1 Å². The minimum Gasteiger partial charge on any atom is -0.493 e. The van der Waals surface area contributed by atoms with Gasteiger partial charge >= 0.3 is 0 Å². The Morgan fingerprint density at radius 2 is 1.52 bits per heavy atom. The highest BCUT2D eigenvalue weighted by Crippen LogP contribution is 2.47. The maximum Gasteiger partial charge on any atom is 0.161 e. The summed E-state index contributed by atoms with van der Waals surface area (Å²) in [6.07, 6.45) is 7.42. The summed E-state index contributed by atoms with van der Waals surface area (Å²) in [7, 11) is 3.29. The second kappa shape index (κ2) is 6.83. The molecule has 0 saturated heterocycles. The minimum absolute atomic E-state index is 0. The summed E-state index contributed by atoms with van der Waals surface area (Å²) in [5.74, 6) is 2.59. The van der Waals surface area contributed by atoms with Crippen LogP contribution in [-0.4, -0.2) is 19.2 Å². The van der Waals surface area contributed by atoms with Crippen LogP contribution in [0.3, 0.4) is 0 Å². The van der Waals surface area contributed by atoms with Crippen LogP contribution in [0.4, 0.5) is 4.39 Å². The number of nitrogens with zero attached hydrogens (tertiary/aromatic N) is 1. The van der Waals surface area contributed by atoms with Gasteiger partial charge in [-0.3, -0.25) is 4.98 Å². The molecule has 2 aromatic carbocycles. The Morgan fingerprint density at radius 1 is 0.889 bits per heavy atom. The van der Waals surface area contributed by atoms with Gasteiger partial charge in [0.2, 0.25) is 0 Å². The Morgan fingerprint density at radius 3 is 2.19 bits per heavy atom. The fourth-order valence-electron chi connectivity index (χ4n) is 5.17. The third-order valence-corrected chi connectivity index (χ3v) is 6.39. The third kappa shape index (κ3) is 2.73. The molecule has 5 heteroatoms. The van der Waals surface area contributed by atoms with Crippen molar-refractivity contribution in [2.45, 2.75) is 32.1 Å². The number of hydrogen-bond donors (Lipinski definition) is 0. The Balaban J connectivity index is 0.00000180. The van der Waals surface area contributed by atoms with Gasteiger partial charge in [-0.05, 0) is 77.6 Å². The van der Waals surface area contributed by atoms with E-state index in [2.05, 4.69) is 11.1 Å². The maximum absolute atomic E-state index is 14.0. The monoisotopic (exact) mass is 387 g/mol. The van der Waals surface area contributed by atoms with Crippen molar-refractivity contribution in [2.24, 2.45) is 11.8 Å². The predicted octanol–water partition coefficient (Wildman–Crippen LogP) is 5.48. The zero-order chi connectivity index (χ0) is 17.8. The molecule has 0 radical (unpaired) electrons. The van der Waals surface area contributed by atoms with E-state index < -0.39 is 0 Å². The van der Waals surface area contributed by atoms with Crippen LogP contribution >= 0.6 is 12.4 Å². The van der Waals surface area contributed by atoms with Crippen LogP contribution < -0.4 is 9.47 Å². The number of aromatic nitrogens is 1. The summed E-state index contributed by atoms with van der Waals surface area (Å²) in [4.78, 5) is 4.51. The lowest BCUT2D eigenvalue weighted by Crippen LogP contribution is -2.21. The lowest BCUT2D eigenvalue weighted by molar-refractivity contribution is 0.355. The summed E-state index contributed by atoms with van der Waals surface area (Å²) >= 11 is 0. The number of hydrogen-bond acceptors (Lipinski definition) is 3. The van der Waals surface area contributed by atoms with Crippen molar-refractivity contribution in [1.82, 2.24) is 4.98 Å². The molecule has 2 aliphatic carbocycles. The van der Waals surface area contributed by atoms with Crippen molar-refractivity contribution in [3.8, 4) is 11.5 Å². The highest BCUT2D eigenvalue weighted by atomic mass is 35.5. The zero-order valence-corrected chi connectivity index (χ0v) is 16.4. The van der Waals surface area contributed by atoms with E-state index in [1.807, 2.05) is 6.07 Å². The minimum atomic E-state index is -0.303. The second-order valence-electron chi connectivity index (χ2n) is 7.62. The molecule has 3 aromatic rings. The van der Waals surface area contributed by atoms with Crippen LogP contribution in [0, 0.1) is 17.7 Å². The number of halogens is 2. The molecule has 1 aromatic heterocycles. The fraction of sp³-hybridized carbons (Fsp3) is 0.409. The van der Waals surface area contributed by atoms with Gasteiger partial charge in [-0.25, -0.2) is 4.39 Å². The Hall–Kier alpha value is -2.07. The van der Waals surface area contributed by atoms with Crippen LogP contribution in [0.2, 0.25) is 0 Å². The molecule has 3 nitrogen and oxygen atoms in total. The first-order chi connectivity index (χ1) is 12.7. The average Bonchev–Trinajstić information content (AvgIpc) is 3.13. The topological polar surface area (TPSA) is 31.4 Å². The van der Waals surface area contributed by atoms with Gasteiger partial charge in [-0.2, -0.15) is 0 Å². The van der Waals surface area contributed by atoms with E-state index in [-0.39, 0.29) is 18.2 Å². The van der Waals surface area contributed by atoms with E-state index in [1.165, 1.54) is 36.6 Å². The highest BCUT2D eigenvalue weighted by molar-refractivity contribution is 6.10. The summed E-state index contributed by atoms with van der Waals surface area (Å²) in [5.41, 5.74) is 3.63. The van der Waals surface area contributed by atoms with Crippen molar-refractivity contribution in [1.29, 1.82) is 0 Å². The predicted molar refractivity (Wildman–Crippen MR) is 108 cm³/mol. The Labute approximate surface area is 164 Å². The molecule has 2 atom stereocenters. The van der Waals surface area contributed by atoms with Gasteiger partial charge in [0.25, 0.3) is 0 Å². The SMILES string of the molecule is COc1cc2c3c(c4ncc(F)cc4c2cc1OC)CC1CCCC1C3.Cl. The van der Waals surface area contributed by atoms with E-state index in [0.29, 0.717) is 5.75 Å². The van der Waals surface area contributed by atoms with Crippen molar-refractivity contribution in [3.63, 3.8) is 0 Å². The molecule has 0 spiro atoms. The number of ether oxygens (including phenoxy) is 2. The number of benzene rings is 2. The smallest absolute Gasteiger partial charge is 0.161 e. The van der Waals surface area contributed by atoms with Gasteiger partial charge in [-0.1, -0.05) is 6.42 Å². The van der Waals surface area contributed by atoms with Gasteiger partial charge in [0.15, 0.2) is 11.5 Å². The zero-order valence-electron chi connectivity index (χ0n) is 15.5. The van der Waals surface area contributed by atoms with Gasteiger partial charge < -0.3 is 9.47 Å².